The Bertz CT molecular complexity index is 1140. The molecule has 1 aromatic heterocycles. The van der Waals surface area contributed by atoms with E-state index in [0.29, 0.717) is 12.1 Å². The highest BCUT2D eigenvalue weighted by molar-refractivity contribution is 6.08. The Balaban J connectivity index is 1.57. The quantitative estimate of drug-likeness (QED) is 0.514. The lowest BCUT2D eigenvalue weighted by molar-refractivity contribution is 0.102. The maximum Gasteiger partial charge on any atom is 0.256 e. The molecule has 4 aromatic rings. The molecule has 0 aliphatic heterocycles. The number of carbonyl (C=O) groups is 1. The van der Waals surface area contributed by atoms with Crippen molar-refractivity contribution in [1.82, 2.24) is 9.78 Å². The van der Waals surface area contributed by atoms with E-state index in [9.17, 15) is 13.6 Å². The number of anilines is 1. The van der Waals surface area contributed by atoms with Gasteiger partial charge in [-0.15, -0.1) is 0 Å². The minimum atomic E-state index is -1.01. The highest BCUT2D eigenvalue weighted by atomic mass is 19.2. The fraction of sp³-hybridized carbons (Fsp3) is 0.0435. The van der Waals surface area contributed by atoms with Gasteiger partial charge in [-0.1, -0.05) is 42.5 Å². The van der Waals surface area contributed by atoms with E-state index in [1.807, 2.05) is 53.3 Å². The topological polar surface area (TPSA) is 46.9 Å². The standard InChI is InChI=1S/C23H17F2N3O/c24-21-11-10-18(14-22(21)25)27-23(29)20-5-2-1-4-19(20)17-8-6-16(7-9-17)15-28-13-3-12-26-28/h1-14H,15H2,(H,27,29). The normalized spacial score (nSPS) is 10.7. The van der Waals surface area contributed by atoms with Gasteiger partial charge in [0.15, 0.2) is 11.6 Å². The number of nitrogens with zero attached hydrogens (tertiary/aromatic N) is 2. The number of carbonyl (C=O) groups excluding carboxylic acids is 1. The van der Waals surface area contributed by atoms with E-state index < -0.39 is 17.5 Å². The Morgan fingerprint density at radius 2 is 1.72 bits per heavy atom. The number of hydrogen-bond acceptors (Lipinski definition) is 2. The summed E-state index contributed by atoms with van der Waals surface area (Å²) in [5.41, 5.74) is 3.35. The number of nitrogens with one attached hydrogen (secondary N) is 1. The number of rotatable bonds is 5. The second kappa shape index (κ2) is 8.06. The Labute approximate surface area is 166 Å². The Kier molecular flexibility index (Phi) is 5.16. The summed E-state index contributed by atoms with van der Waals surface area (Å²) in [6, 6.07) is 20.2. The van der Waals surface area contributed by atoms with Crippen LogP contribution in [-0.4, -0.2) is 15.7 Å². The molecular formula is C23H17F2N3O. The van der Waals surface area contributed by atoms with Crippen LogP contribution in [0.3, 0.4) is 0 Å². The molecule has 0 saturated heterocycles. The summed E-state index contributed by atoms with van der Waals surface area (Å²) < 4.78 is 28.4. The molecule has 144 valence electrons. The van der Waals surface area contributed by atoms with Crippen LogP contribution in [0.1, 0.15) is 15.9 Å². The van der Waals surface area contributed by atoms with Gasteiger partial charge in [0.25, 0.3) is 5.91 Å². The maximum absolute atomic E-state index is 13.4. The van der Waals surface area contributed by atoms with Crippen molar-refractivity contribution in [2.24, 2.45) is 0 Å². The van der Waals surface area contributed by atoms with Gasteiger partial charge in [0, 0.05) is 29.7 Å². The van der Waals surface area contributed by atoms with Crippen molar-refractivity contribution in [2.75, 3.05) is 5.32 Å². The molecule has 6 heteroatoms. The van der Waals surface area contributed by atoms with E-state index in [-0.39, 0.29) is 5.69 Å². The fourth-order valence-electron chi connectivity index (χ4n) is 3.08. The minimum absolute atomic E-state index is 0.193. The molecule has 0 spiro atoms. The predicted octanol–water partition coefficient (Wildman–Crippen LogP) is 5.13. The molecule has 0 saturated carbocycles. The molecule has 0 bridgehead atoms. The van der Waals surface area contributed by atoms with Gasteiger partial charge in [-0.25, -0.2) is 8.78 Å². The molecule has 1 N–H and O–H groups in total. The number of aromatic nitrogens is 2. The number of amides is 1. The Morgan fingerprint density at radius 1 is 0.931 bits per heavy atom. The molecule has 4 rings (SSSR count). The van der Waals surface area contributed by atoms with Gasteiger partial charge >= 0.3 is 0 Å². The van der Waals surface area contributed by atoms with Crippen LogP contribution in [0, 0.1) is 11.6 Å². The summed E-state index contributed by atoms with van der Waals surface area (Å²) in [5, 5.41) is 6.81. The molecule has 1 amide bonds. The first-order valence-corrected chi connectivity index (χ1v) is 9.02. The predicted molar refractivity (Wildman–Crippen MR) is 108 cm³/mol. The third-order valence-electron chi connectivity index (χ3n) is 4.52. The summed E-state index contributed by atoms with van der Waals surface area (Å²) in [4.78, 5) is 12.7. The largest absolute Gasteiger partial charge is 0.322 e. The molecule has 0 unspecified atom stereocenters. The molecular weight excluding hydrogens is 372 g/mol. The van der Waals surface area contributed by atoms with Crippen LogP contribution in [0.4, 0.5) is 14.5 Å². The minimum Gasteiger partial charge on any atom is -0.322 e. The van der Waals surface area contributed by atoms with E-state index >= 15 is 0 Å². The summed E-state index contributed by atoms with van der Waals surface area (Å²) in [7, 11) is 0. The maximum atomic E-state index is 13.4. The van der Waals surface area contributed by atoms with Gasteiger partial charge < -0.3 is 5.32 Å². The second-order valence-electron chi connectivity index (χ2n) is 6.53. The monoisotopic (exact) mass is 389 g/mol. The molecule has 3 aromatic carbocycles. The molecule has 0 aliphatic rings. The zero-order valence-corrected chi connectivity index (χ0v) is 15.3. The van der Waals surface area contributed by atoms with E-state index in [2.05, 4.69) is 10.4 Å². The Hall–Kier alpha value is -3.80. The van der Waals surface area contributed by atoms with Gasteiger partial charge in [0.2, 0.25) is 0 Å². The van der Waals surface area contributed by atoms with Crippen LogP contribution in [0.2, 0.25) is 0 Å². The van der Waals surface area contributed by atoms with Crippen molar-refractivity contribution >= 4 is 11.6 Å². The van der Waals surface area contributed by atoms with Crippen LogP contribution in [0.15, 0.2) is 85.2 Å². The summed E-state index contributed by atoms with van der Waals surface area (Å²) in [5.74, 6) is -2.37. The van der Waals surface area contributed by atoms with Crippen LogP contribution in [0.25, 0.3) is 11.1 Å². The first-order valence-electron chi connectivity index (χ1n) is 9.02. The average molecular weight is 389 g/mol. The lowest BCUT2D eigenvalue weighted by Crippen LogP contribution is -2.13. The van der Waals surface area contributed by atoms with Crippen molar-refractivity contribution in [3.8, 4) is 11.1 Å². The SMILES string of the molecule is O=C(Nc1ccc(F)c(F)c1)c1ccccc1-c1ccc(Cn2cccn2)cc1. The first-order chi connectivity index (χ1) is 14.1. The molecule has 0 fully saturated rings. The smallest absolute Gasteiger partial charge is 0.256 e. The van der Waals surface area contributed by atoms with Gasteiger partial charge in [0.05, 0.1) is 6.54 Å². The zero-order chi connectivity index (χ0) is 20.2. The fourth-order valence-corrected chi connectivity index (χ4v) is 3.08. The third-order valence-corrected chi connectivity index (χ3v) is 4.52. The van der Waals surface area contributed by atoms with Crippen LogP contribution < -0.4 is 5.32 Å². The lowest BCUT2D eigenvalue weighted by atomic mass is 9.98. The van der Waals surface area contributed by atoms with Gasteiger partial charge in [-0.05, 0) is 41.0 Å². The van der Waals surface area contributed by atoms with Gasteiger partial charge in [-0.3, -0.25) is 9.48 Å². The van der Waals surface area contributed by atoms with Crippen molar-refractivity contribution in [3.05, 3.63) is 108 Å². The van der Waals surface area contributed by atoms with Gasteiger partial charge in [0.1, 0.15) is 0 Å². The summed E-state index contributed by atoms with van der Waals surface area (Å²) >= 11 is 0. The molecule has 4 nitrogen and oxygen atoms in total. The third kappa shape index (κ3) is 4.21. The zero-order valence-electron chi connectivity index (χ0n) is 15.3. The van der Waals surface area contributed by atoms with E-state index in [0.717, 1.165) is 28.8 Å². The molecule has 29 heavy (non-hydrogen) atoms. The van der Waals surface area contributed by atoms with Crippen molar-refractivity contribution < 1.29 is 13.6 Å². The van der Waals surface area contributed by atoms with Crippen LogP contribution >= 0.6 is 0 Å². The van der Waals surface area contributed by atoms with Crippen molar-refractivity contribution in [3.63, 3.8) is 0 Å². The molecule has 0 aliphatic carbocycles. The molecule has 0 atom stereocenters. The van der Waals surface area contributed by atoms with Crippen molar-refractivity contribution in [1.29, 1.82) is 0 Å². The van der Waals surface area contributed by atoms with Crippen LogP contribution in [0.5, 0.6) is 0 Å². The highest BCUT2D eigenvalue weighted by Crippen LogP contribution is 2.25. The second-order valence-corrected chi connectivity index (χ2v) is 6.53. The summed E-state index contributed by atoms with van der Waals surface area (Å²) in [6.07, 6.45) is 3.63. The summed E-state index contributed by atoms with van der Waals surface area (Å²) in [6.45, 7) is 0.658. The van der Waals surface area contributed by atoms with Gasteiger partial charge in [-0.2, -0.15) is 5.10 Å². The molecule has 0 radical (unpaired) electrons. The number of halogens is 2. The number of hydrogen-bond donors (Lipinski definition) is 1. The lowest BCUT2D eigenvalue weighted by Gasteiger charge is -2.11. The Morgan fingerprint density at radius 3 is 2.45 bits per heavy atom. The van der Waals surface area contributed by atoms with E-state index in [1.165, 1.54) is 6.07 Å². The first kappa shape index (κ1) is 18.6. The number of benzene rings is 3. The van der Waals surface area contributed by atoms with E-state index in [1.54, 1.807) is 18.3 Å². The van der Waals surface area contributed by atoms with Crippen LogP contribution in [-0.2, 0) is 6.54 Å². The van der Waals surface area contributed by atoms with E-state index in [4.69, 9.17) is 0 Å². The molecule has 1 heterocycles. The average Bonchev–Trinajstić information content (AvgIpc) is 3.24. The highest BCUT2D eigenvalue weighted by Gasteiger charge is 2.14. The van der Waals surface area contributed by atoms with Crippen molar-refractivity contribution in [2.45, 2.75) is 6.54 Å².